The Bertz CT molecular complexity index is 250. The highest BCUT2D eigenvalue weighted by Gasteiger charge is 2.23. The Morgan fingerprint density at radius 2 is 2.53 bits per heavy atom. The lowest BCUT2D eigenvalue weighted by molar-refractivity contribution is -0.124. The summed E-state index contributed by atoms with van der Waals surface area (Å²) in [6.45, 7) is 2.23. The monoisotopic (exact) mass is 212 g/mol. The number of nitrogens with zero attached hydrogens (tertiary/aromatic N) is 1. The van der Waals surface area contributed by atoms with Gasteiger partial charge in [0.05, 0.1) is 39.0 Å². The van der Waals surface area contributed by atoms with E-state index < -0.39 is 0 Å². The highest BCUT2D eigenvalue weighted by atomic mass is 16.5. The first kappa shape index (κ1) is 12.0. The van der Waals surface area contributed by atoms with E-state index in [9.17, 15) is 4.79 Å². The third kappa shape index (κ3) is 3.88. The average molecular weight is 212 g/mol. The van der Waals surface area contributed by atoms with Crippen molar-refractivity contribution in [2.75, 3.05) is 39.5 Å². The van der Waals surface area contributed by atoms with Crippen LogP contribution in [0.5, 0.6) is 0 Å². The average Bonchev–Trinajstić information content (AvgIpc) is 2.27. The topological polar surface area (TPSA) is 61.8 Å². The summed E-state index contributed by atoms with van der Waals surface area (Å²) in [5.41, 5.74) is 0. The van der Waals surface area contributed by atoms with E-state index in [0.29, 0.717) is 19.8 Å². The smallest absolute Gasteiger partial charge is 0.234 e. The van der Waals surface area contributed by atoms with Gasteiger partial charge < -0.3 is 15.2 Å². The number of carbonyl (C=O) groups is 1. The number of terminal acetylenes is 1. The molecule has 2 N–H and O–H groups in total. The van der Waals surface area contributed by atoms with Crippen LogP contribution in [0.2, 0.25) is 0 Å². The predicted octanol–water partition coefficient (Wildman–Crippen LogP) is -1.57. The number of hydrogen-bond acceptors (Lipinski definition) is 4. The van der Waals surface area contributed by atoms with Gasteiger partial charge in [0.25, 0.3) is 0 Å². The lowest BCUT2D eigenvalue weighted by Gasteiger charge is -2.33. The molecule has 0 aromatic carbocycles. The molecule has 0 saturated carbocycles. The van der Waals surface area contributed by atoms with E-state index in [-0.39, 0.29) is 31.6 Å². The SMILES string of the molecule is C#CCNC(=O)CN1CCOCC1CO. The van der Waals surface area contributed by atoms with Crippen molar-refractivity contribution in [3.63, 3.8) is 0 Å². The maximum absolute atomic E-state index is 11.4. The van der Waals surface area contributed by atoms with Crippen molar-refractivity contribution in [1.82, 2.24) is 10.2 Å². The van der Waals surface area contributed by atoms with Crippen molar-refractivity contribution in [1.29, 1.82) is 0 Å². The summed E-state index contributed by atoms with van der Waals surface area (Å²) in [6, 6.07) is -0.0877. The van der Waals surface area contributed by atoms with E-state index >= 15 is 0 Å². The van der Waals surface area contributed by atoms with Gasteiger partial charge in [0, 0.05) is 6.54 Å². The van der Waals surface area contributed by atoms with E-state index in [0.717, 1.165) is 0 Å². The molecule has 0 radical (unpaired) electrons. The molecule has 1 unspecified atom stereocenters. The molecule has 1 aliphatic rings. The van der Waals surface area contributed by atoms with Crippen molar-refractivity contribution in [2.45, 2.75) is 6.04 Å². The Morgan fingerprint density at radius 1 is 1.73 bits per heavy atom. The number of ether oxygens (including phenoxy) is 1. The number of aliphatic hydroxyl groups is 1. The summed E-state index contributed by atoms with van der Waals surface area (Å²) in [7, 11) is 0. The number of rotatable bonds is 4. The van der Waals surface area contributed by atoms with Crippen LogP contribution in [-0.4, -0.2) is 61.4 Å². The molecule has 0 aromatic rings. The molecule has 1 aliphatic heterocycles. The number of morpholine rings is 1. The zero-order chi connectivity index (χ0) is 11.1. The third-order valence-electron chi connectivity index (χ3n) is 2.29. The fraction of sp³-hybridized carbons (Fsp3) is 0.700. The van der Waals surface area contributed by atoms with Gasteiger partial charge in [-0.25, -0.2) is 0 Å². The summed E-state index contributed by atoms with van der Waals surface area (Å²) in [5, 5.41) is 11.6. The molecule has 0 aliphatic carbocycles. The number of nitrogens with one attached hydrogen (secondary N) is 1. The molecular formula is C10H16N2O3. The lowest BCUT2D eigenvalue weighted by atomic mass is 10.2. The molecule has 15 heavy (non-hydrogen) atoms. The molecular weight excluding hydrogens is 196 g/mol. The van der Waals surface area contributed by atoms with Crippen LogP contribution in [0, 0.1) is 12.3 Å². The second-order valence-electron chi connectivity index (χ2n) is 3.36. The fourth-order valence-corrected chi connectivity index (χ4v) is 1.46. The van der Waals surface area contributed by atoms with Crippen LogP contribution in [0.1, 0.15) is 0 Å². The standard InChI is InChI=1S/C10H16N2O3/c1-2-3-11-10(14)6-12-4-5-15-8-9(12)7-13/h1,9,13H,3-8H2,(H,11,14). The quantitative estimate of drug-likeness (QED) is 0.553. The Labute approximate surface area is 89.4 Å². The van der Waals surface area contributed by atoms with Gasteiger partial charge in [0.2, 0.25) is 5.91 Å². The Morgan fingerprint density at radius 3 is 3.20 bits per heavy atom. The normalized spacial score (nSPS) is 22.0. The zero-order valence-corrected chi connectivity index (χ0v) is 8.61. The highest BCUT2D eigenvalue weighted by molar-refractivity contribution is 5.78. The molecule has 0 spiro atoms. The van der Waals surface area contributed by atoms with E-state index in [4.69, 9.17) is 16.3 Å². The molecule has 5 heteroatoms. The highest BCUT2D eigenvalue weighted by Crippen LogP contribution is 2.05. The molecule has 0 bridgehead atoms. The van der Waals surface area contributed by atoms with Crippen LogP contribution in [0.4, 0.5) is 0 Å². The van der Waals surface area contributed by atoms with E-state index in [1.54, 1.807) is 0 Å². The molecule has 1 rings (SSSR count). The molecule has 1 amide bonds. The minimum atomic E-state index is -0.117. The zero-order valence-electron chi connectivity index (χ0n) is 8.61. The van der Waals surface area contributed by atoms with Gasteiger partial charge in [-0.3, -0.25) is 9.69 Å². The summed E-state index contributed by atoms with van der Waals surface area (Å²) >= 11 is 0. The van der Waals surface area contributed by atoms with Crippen LogP contribution in [-0.2, 0) is 9.53 Å². The van der Waals surface area contributed by atoms with Crippen LogP contribution in [0.3, 0.4) is 0 Å². The first-order valence-corrected chi connectivity index (χ1v) is 4.90. The van der Waals surface area contributed by atoms with E-state index in [1.807, 2.05) is 4.90 Å². The molecule has 84 valence electrons. The first-order valence-electron chi connectivity index (χ1n) is 4.90. The summed E-state index contributed by atoms with van der Waals surface area (Å²) in [6.07, 6.45) is 5.03. The molecule has 0 aromatic heterocycles. The first-order chi connectivity index (χ1) is 7.27. The van der Waals surface area contributed by atoms with E-state index in [2.05, 4.69) is 11.2 Å². The van der Waals surface area contributed by atoms with Gasteiger partial charge in [-0.2, -0.15) is 0 Å². The molecule has 1 heterocycles. The van der Waals surface area contributed by atoms with Gasteiger partial charge >= 0.3 is 0 Å². The van der Waals surface area contributed by atoms with Crippen molar-refractivity contribution >= 4 is 5.91 Å². The van der Waals surface area contributed by atoms with Crippen LogP contribution in [0.25, 0.3) is 0 Å². The number of carbonyl (C=O) groups excluding carboxylic acids is 1. The van der Waals surface area contributed by atoms with Gasteiger partial charge in [0.1, 0.15) is 0 Å². The van der Waals surface area contributed by atoms with Crippen molar-refractivity contribution in [3.8, 4) is 12.3 Å². The molecule has 1 fully saturated rings. The molecule has 1 atom stereocenters. The maximum atomic E-state index is 11.4. The second kappa shape index (κ2) is 6.40. The summed E-state index contributed by atoms with van der Waals surface area (Å²) < 4.78 is 5.20. The van der Waals surface area contributed by atoms with E-state index in [1.165, 1.54) is 0 Å². The number of hydrogen-bond donors (Lipinski definition) is 2. The Balaban J connectivity index is 2.34. The second-order valence-corrected chi connectivity index (χ2v) is 3.36. The molecule has 5 nitrogen and oxygen atoms in total. The maximum Gasteiger partial charge on any atom is 0.234 e. The van der Waals surface area contributed by atoms with Crippen molar-refractivity contribution in [3.05, 3.63) is 0 Å². The Kier molecular flexibility index (Phi) is 5.12. The largest absolute Gasteiger partial charge is 0.395 e. The lowest BCUT2D eigenvalue weighted by Crippen LogP contribution is -2.51. The summed E-state index contributed by atoms with van der Waals surface area (Å²) in [4.78, 5) is 13.3. The van der Waals surface area contributed by atoms with Crippen LogP contribution >= 0.6 is 0 Å². The molecule has 1 saturated heterocycles. The predicted molar refractivity (Wildman–Crippen MR) is 55.1 cm³/mol. The number of aliphatic hydroxyl groups excluding tert-OH is 1. The van der Waals surface area contributed by atoms with Gasteiger partial charge in [-0.15, -0.1) is 6.42 Å². The fourth-order valence-electron chi connectivity index (χ4n) is 1.46. The third-order valence-corrected chi connectivity index (χ3v) is 2.29. The van der Waals surface area contributed by atoms with Gasteiger partial charge in [-0.05, 0) is 0 Å². The van der Waals surface area contributed by atoms with Gasteiger partial charge in [-0.1, -0.05) is 5.92 Å². The van der Waals surface area contributed by atoms with Crippen LogP contribution < -0.4 is 5.32 Å². The summed E-state index contributed by atoms with van der Waals surface area (Å²) in [5.74, 6) is 2.22. The number of amides is 1. The minimum Gasteiger partial charge on any atom is -0.395 e. The Hall–Kier alpha value is -1.09. The van der Waals surface area contributed by atoms with Crippen molar-refractivity contribution < 1.29 is 14.6 Å². The van der Waals surface area contributed by atoms with Crippen molar-refractivity contribution in [2.24, 2.45) is 0 Å². The minimum absolute atomic E-state index is 0.00240. The van der Waals surface area contributed by atoms with Crippen LogP contribution in [0.15, 0.2) is 0 Å². The van der Waals surface area contributed by atoms with Gasteiger partial charge in [0.15, 0.2) is 0 Å².